The van der Waals surface area contributed by atoms with Crippen molar-refractivity contribution in [3.63, 3.8) is 0 Å². The summed E-state index contributed by atoms with van der Waals surface area (Å²) >= 11 is 0. The Hall–Kier alpha value is -2.37. The third-order valence-electron chi connectivity index (χ3n) is 3.22. The molecule has 2 aromatic rings. The molecule has 0 radical (unpaired) electrons. The summed E-state index contributed by atoms with van der Waals surface area (Å²) < 4.78 is 1.35. The van der Waals surface area contributed by atoms with Gasteiger partial charge in [-0.1, -0.05) is 13.0 Å². The van der Waals surface area contributed by atoms with E-state index >= 15 is 0 Å². The van der Waals surface area contributed by atoms with Gasteiger partial charge in [-0.15, -0.1) is 0 Å². The molecule has 100 valence electrons. The summed E-state index contributed by atoms with van der Waals surface area (Å²) in [6.45, 7) is 3.71. The van der Waals surface area contributed by atoms with Gasteiger partial charge in [0.25, 0.3) is 0 Å². The predicted molar refractivity (Wildman–Crippen MR) is 70.8 cm³/mol. The molecule has 0 aliphatic rings. The minimum absolute atomic E-state index is 0.0216. The average Bonchev–Trinajstić information content (AvgIpc) is 2.38. The Kier molecular flexibility index (Phi) is 3.25. The zero-order chi connectivity index (χ0) is 14.2. The summed E-state index contributed by atoms with van der Waals surface area (Å²) in [5.41, 5.74) is -0.878. The first-order valence-corrected chi connectivity index (χ1v) is 5.98. The van der Waals surface area contributed by atoms with Crippen LogP contribution in [0.1, 0.15) is 36.7 Å². The molecule has 0 saturated carbocycles. The Morgan fingerprint density at radius 3 is 2.68 bits per heavy atom. The zero-order valence-corrected chi connectivity index (χ0v) is 10.6. The second-order valence-electron chi connectivity index (χ2n) is 4.39. The smallest absolute Gasteiger partial charge is 0.337 e. The molecule has 0 spiro atoms. The van der Waals surface area contributed by atoms with Crippen LogP contribution in [0.25, 0.3) is 11.0 Å². The number of hydrogen-bond donors (Lipinski definition) is 2. The number of para-hydroxylation sites is 1. The molecule has 1 atom stereocenters. The van der Waals surface area contributed by atoms with Crippen LogP contribution in [-0.4, -0.2) is 20.6 Å². The minimum atomic E-state index is -1.14. The van der Waals surface area contributed by atoms with Gasteiger partial charge in [0.05, 0.1) is 16.6 Å². The second-order valence-corrected chi connectivity index (χ2v) is 4.39. The number of hydrogen-bond acceptors (Lipinski definition) is 3. The topological polar surface area (TPSA) is 92.2 Å². The van der Waals surface area contributed by atoms with Gasteiger partial charge in [0.2, 0.25) is 0 Å². The Balaban J connectivity index is 2.99. The maximum Gasteiger partial charge on any atom is 0.337 e. The quantitative estimate of drug-likeness (QED) is 0.817. The summed E-state index contributed by atoms with van der Waals surface area (Å²) in [5.74, 6) is -1.14. The van der Waals surface area contributed by atoms with Crippen molar-refractivity contribution in [3.8, 4) is 0 Å². The third-order valence-corrected chi connectivity index (χ3v) is 3.22. The fraction of sp³-hybridized carbons (Fsp3) is 0.308. The van der Waals surface area contributed by atoms with E-state index in [0.717, 1.165) is 0 Å². The van der Waals surface area contributed by atoms with Gasteiger partial charge >= 0.3 is 17.1 Å². The maximum absolute atomic E-state index is 11.9. The van der Waals surface area contributed by atoms with Crippen LogP contribution in [0.3, 0.4) is 0 Å². The number of nitrogens with one attached hydrogen (secondary N) is 1. The molecule has 2 rings (SSSR count). The fourth-order valence-corrected chi connectivity index (χ4v) is 2.06. The van der Waals surface area contributed by atoms with Crippen molar-refractivity contribution in [2.45, 2.75) is 26.3 Å². The van der Waals surface area contributed by atoms with E-state index < -0.39 is 17.1 Å². The molecular weight excluding hydrogens is 248 g/mol. The summed E-state index contributed by atoms with van der Waals surface area (Å²) in [6.07, 6.45) is 0.662. The highest BCUT2D eigenvalue weighted by atomic mass is 16.4. The van der Waals surface area contributed by atoms with Crippen LogP contribution < -0.4 is 11.1 Å². The van der Waals surface area contributed by atoms with Crippen LogP contribution in [0, 0.1) is 0 Å². The van der Waals surface area contributed by atoms with Gasteiger partial charge < -0.3 is 10.1 Å². The number of H-pyrrole nitrogens is 1. The lowest BCUT2D eigenvalue weighted by atomic mass is 10.1. The van der Waals surface area contributed by atoms with Crippen molar-refractivity contribution < 1.29 is 9.90 Å². The van der Waals surface area contributed by atoms with E-state index in [9.17, 15) is 14.4 Å². The average molecular weight is 262 g/mol. The standard InChI is InChI=1S/C13H14N2O4/c1-3-7(2)15-9-6-4-5-8(13(18)19)10(9)14-11(16)12(15)17/h4-7H,3H2,1-2H3,(H,14,16)(H,18,19). The number of aromatic amines is 1. The van der Waals surface area contributed by atoms with E-state index in [0.29, 0.717) is 11.9 Å². The van der Waals surface area contributed by atoms with E-state index in [1.807, 2.05) is 13.8 Å². The largest absolute Gasteiger partial charge is 0.478 e. The molecular formula is C13H14N2O4. The summed E-state index contributed by atoms with van der Waals surface area (Å²) in [7, 11) is 0. The van der Waals surface area contributed by atoms with Gasteiger partial charge in [0, 0.05) is 6.04 Å². The molecule has 0 saturated heterocycles. The monoisotopic (exact) mass is 262 g/mol. The number of carboxylic acids is 1. The molecule has 1 unspecified atom stereocenters. The van der Waals surface area contributed by atoms with E-state index in [-0.39, 0.29) is 17.1 Å². The molecule has 19 heavy (non-hydrogen) atoms. The predicted octanol–water partition coefficient (Wildman–Crippen LogP) is 1.36. The van der Waals surface area contributed by atoms with Crippen LogP contribution in [0.5, 0.6) is 0 Å². The van der Waals surface area contributed by atoms with Gasteiger partial charge in [0.1, 0.15) is 0 Å². The lowest BCUT2D eigenvalue weighted by Crippen LogP contribution is -2.38. The number of nitrogens with zero attached hydrogens (tertiary/aromatic N) is 1. The molecule has 0 amide bonds. The third kappa shape index (κ3) is 2.05. The Labute approximate surface area is 108 Å². The zero-order valence-electron chi connectivity index (χ0n) is 10.6. The Morgan fingerprint density at radius 2 is 2.11 bits per heavy atom. The fourth-order valence-electron chi connectivity index (χ4n) is 2.06. The van der Waals surface area contributed by atoms with Crippen molar-refractivity contribution in [1.82, 2.24) is 9.55 Å². The first kappa shape index (κ1) is 13.1. The van der Waals surface area contributed by atoms with E-state index in [1.165, 1.54) is 10.6 Å². The van der Waals surface area contributed by atoms with Crippen LogP contribution in [0.2, 0.25) is 0 Å². The van der Waals surface area contributed by atoms with Crippen molar-refractivity contribution in [3.05, 3.63) is 44.5 Å². The molecule has 6 heteroatoms. The number of aromatic nitrogens is 2. The normalized spacial score (nSPS) is 12.5. The second kappa shape index (κ2) is 4.72. The van der Waals surface area contributed by atoms with Crippen LogP contribution in [0.15, 0.2) is 27.8 Å². The SMILES string of the molecule is CCC(C)n1c(=O)c(=O)[nH]c2c(C(=O)O)cccc21. The lowest BCUT2D eigenvalue weighted by molar-refractivity contribution is 0.0698. The molecule has 2 N–H and O–H groups in total. The molecule has 0 aliphatic carbocycles. The summed E-state index contributed by atoms with van der Waals surface area (Å²) in [4.78, 5) is 37.1. The van der Waals surface area contributed by atoms with Gasteiger partial charge in [0.15, 0.2) is 0 Å². The first-order valence-electron chi connectivity index (χ1n) is 5.98. The van der Waals surface area contributed by atoms with Crippen molar-refractivity contribution >= 4 is 17.0 Å². The van der Waals surface area contributed by atoms with Crippen molar-refractivity contribution in [1.29, 1.82) is 0 Å². The van der Waals surface area contributed by atoms with E-state index in [4.69, 9.17) is 5.11 Å². The number of aromatic carboxylic acids is 1. The molecule has 6 nitrogen and oxygen atoms in total. The van der Waals surface area contributed by atoms with E-state index in [2.05, 4.69) is 4.98 Å². The maximum atomic E-state index is 11.9. The molecule has 1 heterocycles. The van der Waals surface area contributed by atoms with Crippen molar-refractivity contribution in [2.24, 2.45) is 0 Å². The summed E-state index contributed by atoms with van der Waals surface area (Å²) in [5, 5.41) is 9.12. The Bertz CT molecular complexity index is 757. The van der Waals surface area contributed by atoms with Gasteiger partial charge in [-0.3, -0.25) is 14.2 Å². The Morgan fingerprint density at radius 1 is 1.42 bits per heavy atom. The van der Waals surface area contributed by atoms with Crippen LogP contribution in [0.4, 0.5) is 0 Å². The minimum Gasteiger partial charge on any atom is -0.478 e. The number of carboxylic acid groups (broad SMARTS) is 1. The number of fused-ring (bicyclic) bond motifs is 1. The lowest BCUT2D eigenvalue weighted by Gasteiger charge is -2.16. The highest BCUT2D eigenvalue weighted by Crippen LogP contribution is 2.18. The van der Waals surface area contributed by atoms with E-state index in [1.54, 1.807) is 12.1 Å². The number of carbonyl (C=O) groups is 1. The highest BCUT2D eigenvalue weighted by Gasteiger charge is 2.16. The van der Waals surface area contributed by atoms with Gasteiger partial charge in [-0.05, 0) is 25.5 Å². The number of rotatable bonds is 3. The molecule has 1 aromatic carbocycles. The summed E-state index contributed by atoms with van der Waals surface area (Å²) in [6, 6.07) is 4.40. The first-order chi connectivity index (χ1) is 8.97. The molecule has 0 bridgehead atoms. The number of benzene rings is 1. The van der Waals surface area contributed by atoms with Crippen molar-refractivity contribution in [2.75, 3.05) is 0 Å². The molecule has 0 fully saturated rings. The van der Waals surface area contributed by atoms with Crippen LogP contribution in [-0.2, 0) is 0 Å². The molecule has 1 aromatic heterocycles. The van der Waals surface area contributed by atoms with Crippen LogP contribution >= 0.6 is 0 Å². The van der Waals surface area contributed by atoms with Gasteiger partial charge in [-0.2, -0.15) is 0 Å². The van der Waals surface area contributed by atoms with Gasteiger partial charge in [-0.25, -0.2) is 4.79 Å². The highest BCUT2D eigenvalue weighted by molar-refractivity contribution is 6.00. The molecule has 0 aliphatic heterocycles.